The van der Waals surface area contributed by atoms with Crippen molar-refractivity contribution < 1.29 is 27.8 Å². The van der Waals surface area contributed by atoms with Crippen molar-refractivity contribution in [1.29, 1.82) is 0 Å². The Labute approximate surface area is 194 Å². The minimum Gasteiger partial charge on any atom is -0.484 e. The molecule has 1 aromatic carbocycles. The molecule has 0 fully saturated rings. The van der Waals surface area contributed by atoms with Gasteiger partial charge in [-0.15, -0.1) is 0 Å². The lowest BCUT2D eigenvalue weighted by Crippen LogP contribution is -2.33. The van der Waals surface area contributed by atoms with Gasteiger partial charge in [0.25, 0.3) is 15.9 Å². The number of fused-ring (bicyclic) bond motifs is 2. The third kappa shape index (κ3) is 3.81. The van der Waals surface area contributed by atoms with E-state index in [-0.39, 0.29) is 35.5 Å². The number of aliphatic hydroxyl groups excluding tert-OH is 1. The Morgan fingerprint density at radius 3 is 2.76 bits per heavy atom. The quantitative estimate of drug-likeness (QED) is 0.571. The molecule has 33 heavy (non-hydrogen) atoms. The monoisotopic (exact) mass is 490 g/mol. The van der Waals surface area contributed by atoms with Crippen LogP contribution >= 0.6 is 11.6 Å². The summed E-state index contributed by atoms with van der Waals surface area (Å²) >= 11 is 6.20. The van der Waals surface area contributed by atoms with Gasteiger partial charge in [0.1, 0.15) is 18.1 Å². The molecule has 0 radical (unpaired) electrons. The number of hydrogen-bond acceptors (Lipinski definition) is 8. The molecule has 1 N–H and O–H groups in total. The lowest BCUT2D eigenvalue weighted by atomic mass is 9.98. The molecule has 0 spiro atoms. The number of halogens is 1. The summed E-state index contributed by atoms with van der Waals surface area (Å²) in [7, 11) is -4.01. The first-order chi connectivity index (χ1) is 15.9. The SMILES string of the molecule is O=C([C@H](CO)c1ccccc1Cl)N1Cc2cn(S(=O)(=O)c3cnc4c(c3)OCCO4)nc2C1. The molecule has 2 aliphatic rings. The van der Waals surface area contributed by atoms with E-state index < -0.39 is 22.5 Å². The number of pyridine rings is 1. The Bertz CT molecular complexity index is 1320. The number of rotatable bonds is 5. The highest BCUT2D eigenvalue weighted by molar-refractivity contribution is 7.89. The number of amides is 1. The molecule has 3 aromatic rings. The first kappa shape index (κ1) is 21.7. The Morgan fingerprint density at radius 2 is 2.00 bits per heavy atom. The highest BCUT2D eigenvalue weighted by Crippen LogP contribution is 2.32. The third-order valence-corrected chi connectivity index (χ3v) is 7.39. The van der Waals surface area contributed by atoms with Crippen molar-refractivity contribution in [2.24, 2.45) is 0 Å². The van der Waals surface area contributed by atoms with Gasteiger partial charge in [0.05, 0.1) is 31.0 Å². The molecular weight excluding hydrogens is 472 g/mol. The van der Waals surface area contributed by atoms with Crippen LogP contribution in [0, 0.1) is 0 Å². The average molecular weight is 491 g/mol. The average Bonchev–Trinajstić information content (AvgIpc) is 3.40. The molecule has 0 bridgehead atoms. The normalized spacial score (nSPS) is 15.9. The van der Waals surface area contributed by atoms with Crippen LogP contribution in [0.15, 0.2) is 47.6 Å². The van der Waals surface area contributed by atoms with Gasteiger partial charge in [0.2, 0.25) is 5.91 Å². The summed E-state index contributed by atoms with van der Waals surface area (Å²) in [5.41, 5.74) is 1.61. The molecular formula is C21H19ClN4O6S. The Balaban J connectivity index is 1.36. The Morgan fingerprint density at radius 1 is 1.21 bits per heavy atom. The van der Waals surface area contributed by atoms with Crippen molar-refractivity contribution in [3.05, 3.63) is 64.6 Å². The maximum absolute atomic E-state index is 13.1. The van der Waals surface area contributed by atoms with Crippen LogP contribution < -0.4 is 9.47 Å². The standard InChI is InChI=1S/C21H19ClN4O6S/c22-17-4-2-1-3-15(17)16(12-27)21(28)25-9-13-10-26(24-18(13)11-25)33(29,30)14-7-19-20(23-8-14)32-6-5-31-19/h1-4,7-8,10,16,27H,5-6,9,11-12H2/t16-/m1/s1. The maximum Gasteiger partial charge on any atom is 0.284 e. The van der Waals surface area contributed by atoms with E-state index in [1.807, 2.05) is 0 Å². The van der Waals surface area contributed by atoms with Gasteiger partial charge in [0.15, 0.2) is 5.75 Å². The smallest absolute Gasteiger partial charge is 0.284 e. The van der Waals surface area contributed by atoms with E-state index in [1.165, 1.54) is 23.4 Å². The van der Waals surface area contributed by atoms with Gasteiger partial charge >= 0.3 is 0 Å². The molecule has 2 aromatic heterocycles. The van der Waals surface area contributed by atoms with Crippen molar-refractivity contribution >= 4 is 27.5 Å². The second kappa shape index (κ2) is 8.32. The summed E-state index contributed by atoms with van der Waals surface area (Å²) in [6.45, 7) is 0.547. The molecule has 1 amide bonds. The van der Waals surface area contributed by atoms with Gasteiger partial charge in [0, 0.05) is 29.4 Å². The van der Waals surface area contributed by atoms with Gasteiger partial charge in [-0.25, -0.2) is 4.98 Å². The number of nitrogens with zero attached hydrogens (tertiary/aromatic N) is 4. The second-order valence-electron chi connectivity index (χ2n) is 7.60. The summed E-state index contributed by atoms with van der Waals surface area (Å²) < 4.78 is 37.7. The van der Waals surface area contributed by atoms with Crippen LogP contribution in [-0.4, -0.2) is 58.3 Å². The summed E-state index contributed by atoms with van der Waals surface area (Å²) in [5, 5.41) is 14.4. The van der Waals surface area contributed by atoms with Crippen LogP contribution in [0.25, 0.3) is 0 Å². The van der Waals surface area contributed by atoms with Crippen molar-refractivity contribution in [1.82, 2.24) is 19.1 Å². The maximum atomic E-state index is 13.1. The molecule has 0 aliphatic carbocycles. The number of aromatic nitrogens is 3. The van der Waals surface area contributed by atoms with Crippen LogP contribution in [0.3, 0.4) is 0 Å². The Kier molecular flexibility index (Phi) is 5.47. The molecule has 0 unspecified atom stereocenters. The highest BCUT2D eigenvalue weighted by Gasteiger charge is 2.34. The zero-order valence-electron chi connectivity index (χ0n) is 17.2. The van der Waals surface area contributed by atoms with E-state index in [0.717, 1.165) is 4.09 Å². The van der Waals surface area contributed by atoms with Crippen LogP contribution in [0.2, 0.25) is 5.02 Å². The molecule has 5 rings (SSSR count). The van der Waals surface area contributed by atoms with Crippen molar-refractivity contribution in [3.63, 3.8) is 0 Å². The van der Waals surface area contributed by atoms with Crippen molar-refractivity contribution in [2.45, 2.75) is 23.9 Å². The summed E-state index contributed by atoms with van der Waals surface area (Å²) in [6.07, 6.45) is 2.58. The predicted molar refractivity (Wildman–Crippen MR) is 116 cm³/mol. The molecule has 2 aliphatic heterocycles. The van der Waals surface area contributed by atoms with Crippen LogP contribution in [0.4, 0.5) is 0 Å². The minimum atomic E-state index is -4.01. The zero-order chi connectivity index (χ0) is 23.2. The highest BCUT2D eigenvalue weighted by atomic mass is 35.5. The predicted octanol–water partition coefficient (Wildman–Crippen LogP) is 1.56. The first-order valence-electron chi connectivity index (χ1n) is 10.1. The van der Waals surface area contributed by atoms with Crippen LogP contribution in [0.1, 0.15) is 22.7 Å². The van der Waals surface area contributed by atoms with Crippen LogP contribution in [0.5, 0.6) is 11.6 Å². The largest absolute Gasteiger partial charge is 0.484 e. The molecule has 172 valence electrons. The molecule has 1 atom stereocenters. The summed E-state index contributed by atoms with van der Waals surface area (Å²) in [4.78, 5) is 18.5. The Hall–Kier alpha value is -3.15. The van der Waals surface area contributed by atoms with E-state index in [9.17, 15) is 18.3 Å². The number of aliphatic hydroxyl groups is 1. The number of hydrogen-bond donors (Lipinski definition) is 1. The van der Waals surface area contributed by atoms with E-state index in [1.54, 1.807) is 24.3 Å². The minimum absolute atomic E-state index is 0.0834. The summed E-state index contributed by atoms with van der Waals surface area (Å²) in [6, 6.07) is 8.21. The second-order valence-corrected chi connectivity index (χ2v) is 9.80. The molecule has 12 heteroatoms. The molecule has 10 nitrogen and oxygen atoms in total. The van der Waals surface area contributed by atoms with E-state index in [2.05, 4.69) is 10.1 Å². The van der Waals surface area contributed by atoms with Gasteiger partial charge in [-0.3, -0.25) is 4.79 Å². The van der Waals surface area contributed by atoms with Gasteiger partial charge < -0.3 is 19.5 Å². The topological polar surface area (TPSA) is 124 Å². The number of carbonyl (C=O) groups excluding carboxylic acids is 1. The van der Waals surface area contributed by atoms with Gasteiger partial charge in [-0.05, 0) is 11.6 Å². The van der Waals surface area contributed by atoms with Gasteiger partial charge in [-0.2, -0.15) is 17.6 Å². The van der Waals surface area contributed by atoms with Crippen molar-refractivity contribution in [3.8, 4) is 11.6 Å². The third-order valence-electron chi connectivity index (χ3n) is 5.55. The van der Waals surface area contributed by atoms with E-state index >= 15 is 0 Å². The molecule has 4 heterocycles. The fourth-order valence-electron chi connectivity index (χ4n) is 3.86. The summed E-state index contributed by atoms with van der Waals surface area (Å²) in [5.74, 6) is -0.626. The van der Waals surface area contributed by atoms with Gasteiger partial charge in [-0.1, -0.05) is 29.8 Å². The zero-order valence-corrected chi connectivity index (χ0v) is 18.8. The molecule has 0 saturated heterocycles. The fourth-order valence-corrected chi connectivity index (χ4v) is 5.26. The van der Waals surface area contributed by atoms with E-state index in [4.69, 9.17) is 21.1 Å². The number of benzene rings is 1. The number of ether oxygens (including phenoxy) is 2. The lowest BCUT2D eigenvalue weighted by molar-refractivity contribution is -0.134. The van der Waals surface area contributed by atoms with E-state index in [0.29, 0.717) is 35.1 Å². The fraction of sp³-hybridized carbons (Fsp3) is 0.286. The van der Waals surface area contributed by atoms with Crippen molar-refractivity contribution in [2.75, 3.05) is 19.8 Å². The first-order valence-corrected chi connectivity index (χ1v) is 11.9. The number of carbonyl (C=O) groups is 1. The molecule has 0 saturated carbocycles. The van der Waals surface area contributed by atoms with Crippen LogP contribution in [-0.2, 0) is 27.9 Å². The lowest BCUT2D eigenvalue weighted by Gasteiger charge is -2.23.